The number of pyridine rings is 1. The number of nitrogens with zero attached hydrogens (tertiary/aromatic N) is 2. The second-order valence-electron chi connectivity index (χ2n) is 7.14. The van der Waals surface area contributed by atoms with E-state index in [1.807, 2.05) is 42.5 Å². The van der Waals surface area contributed by atoms with Crippen molar-refractivity contribution >= 4 is 62.7 Å². The third-order valence-corrected chi connectivity index (χ3v) is 6.61. The molecule has 3 aromatic rings. The van der Waals surface area contributed by atoms with Crippen molar-refractivity contribution in [1.29, 1.82) is 0 Å². The Morgan fingerprint density at radius 3 is 2.59 bits per heavy atom. The maximum atomic E-state index is 11.8. The summed E-state index contributed by atoms with van der Waals surface area (Å²) in [5, 5.41) is 1.40. The second kappa shape index (κ2) is 8.02. The lowest BCUT2D eigenvalue weighted by molar-refractivity contribution is 0.100. The van der Waals surface area contributed by atoms with E-state index in [1.165, 1.54) is 11.3 Å². The lowest BCUT2D eigenvalue weighted by Crippen LogP contribution is -2.40. The molecular formula is C21H22ClN5OS. The first kappa shape index (κ1) is 19.7. The molecule has 4 rings (SSSR count). The van der Waals surface area contributed by atoms with Crippen molar-refractivity contribution in [3.05, 3.63) is 51.4 Å². The largest absolute Gasteiger partial charge is 0.397 e. The van der Waals surface area contributed by atoms with Gasteiger partial charge in [0.05, 0.1) is 5.69 Å². The van der Waals surface area contributed by atoms with E-state index in [1.54, 1.807) is 0 Å². The zero-order valence-corrected chi connectivity index (χ0v) is 17.3. The molecule has 0 spiro atoms. The highest BCUT2D eigenvalue weighted by molar-refractivity contribution is 7.21. The van der Waals surface area contributed by atoms with E-state index in [9.17, 15) is 4.79 Å². The molecule has 0 aliphatic carbocycles. The molecule has 1 saturated heterocycles. The quantitative estimate of drug-likeness (QED) is 0.587. The number of aromatic nitrogens is 1. The number of piperidine rings is 1. The highest BCUT2D eigenvalue weighted by Gasteiger charge is 2.22. The fourth-order valence-corrected chi connectivity index (χ4v) is 4.71. The first-order valence-corrected chi connectivity index (χ1v) is 10.6. The Morgan fingerprint density at radius 2 is 1.90 bits per heavy atom. The number of hydrogen-bond acceptors (Lipinski definition) is 6. The van der Waals surface area contributed by atoms with Crippen LogP contribution in [0.5, 0.6) is 0 Å². The molecule has 6 nitrogen and oxygen atoms in total. The molecule has 1 aromatic carbocycles. The van der Waals surface area contributed by atoms with Crippen molar-refractivity contribution in [3.8, 4) is 0 Å². The molecule has 1 amide bonds. The van der Waals surface area contributed by atoms with Crippen LogP contribution in [0.15, 0.2) is 30.3 Å². The van der Waals surface area contributed by atoms with Crippen molar-refractivity contribution in [2.45, 2.75) is 18.9 Å². The third kappa shape index (κ3) is 3.94. The van der Waals surface area contributed by atoms with E-state index in [4.69, 9.17) is 33.8 Å². The highest BCUT2D eigenvalue weighted by atomic mass is 35.5. The average Bonchev–Trinajstić information content (AvgIpc) is 3.05. The number of primary amides is 1. The summed E-state index contributed by atoms with van der Waals surface area (Å²) < 4.78 is 0. The maximum absolute atomic E-state index is 11.8. The smallest absolute Gasteiger partial charge is 0.260 e. The molecule has 1 fully saturated rings. The van der Waals surface area contributed by atoms with Gasteiger partial charge in [0.2, 0.25) is 0 Å². The predicted molar refractivity (Wildman–Crippen MR) is 122 cm³/mol. The van der Waals surface area contributed by atoms with Gasteiger partial charge >= 0.3 is 0 Å². The molecule has 3 heterocycles. The van der Waals surface area contributed by atoms with E-state index in [0.29, 0.717) is 20.4 Å². The maximum Gasteiger partial charge on any atom is 0.260 e. The van der Waals surface area contributed by atoms with Crippen LogP contribution in [-0.2, 0) is 0 Å². The van der Waals surface area contributed by atoms with E-state index in [0.717, 1.165) is 48.3 Å². The Hall–Kier alpha value is -2.61. The summed E-state index contributed by atoms with van der Waals surface area (Å²) in [5.41, 5.74) is 20.0. The molecular weight excluding hydrogens is 406 g/mol. The first-order valence-electron chi connectivity index (χ1n) is 9.40. The van der Waals surface area contributed by atoms with Crippen LogP contribution in [0.4, 0.5) is 11.5 Å². The summed E-state index contributed by atoms with van der Waals surface area (Å²) in [6, 6.07) is 9.83. The Morgan fingerprint density at radius 1 is 1.21 bits per heavy atom. The lowest BCUT2D eigenvalue weighted by Gasteiger charge is -2.31. The van der Waals surface area contributed by atoms with Gasteiger partial charge in [-0.15, -0.1) is 11.3 Å². The number of anilines is 2. The molecule has 29 heavy (non-hydrogen) atoms. The van der Waals surface area contributed by atoms with Crippen LogP contribution in [0.25, 0.3) is 22.4 Å². The fraction of sp³-hybridized carbons (Fsp3) is 0.238. The van der Waals surface area contributed by atoms with Gasteiger partial charge in [-0.2, -0.15) is 0 Å². The van der Waals surface area contributed by atoms with Gasteiger partial charge in [0.15, 0.2) is 0 Å². The molecule has 0 saturated carbocycles. The topological polar surface area (TPSA) is 111 Å². The minimum Gasteiger partial charge on any atom is -0.397 e. The van der Waals surface area contributed by atoms with Gasteiger partial charge in [0.1, 0.15) is 15.5 Å². The van der Waals surface area contributed by atoms with Crippen molar-refractivity contribution in [2.75, 3.05) is 23.7 Å². The fourth-order valence-electron chi connectivity index (χ4n) is 3.53. The van der Waals surface area contributed by atoms with E-state index in [-0.39, 0.29) is 6.04 Å². The predicted octanol–water partition coefficient (Wildman–Crippen LogP) is 3.73. The first-order chi connectivity index (χ1) is 13.9. The summed E-state index contributed by atoms with van der Waals surface area (Å²) in [5.74, 6) is 0.303. The van der Waals surface area contributed by atoms with Crippen LogP contribution in [0.1, 0.15) is 33.6 Å². The molecule has 150 valence electrons. The van der Waals surface area contributed by atoms with Gasteiger partial charge in [0.25, 0.3) is 5.91 Å². The van der Waals surface area contributed by atoms with Crippen molar-refractivity contribution in [1.82, 2.24) is 4.98 Å². The number of thiophene rings is 1. The molecule has 6 N–H and O–H groups in total. The zero-order valence-electron chi connectivity index (χ0n) is 15.8. The number of amides is 1. The number of hydrogen-bond donors (Lipinski definition) is 3. The van der Waals surface area contributed by atoms with E-state index >= 15 is 0 Å². The van der Waals surface area contributed by atoms with Crippen LogP contribution in [0.3, 0.4) is 0 Å². The minimum absolute atomic E-state index is 0.230. The molecule has 0 unspecified atom stereocenters. The number of carbonyl (C=O) groups excluding carboxylic acids is 1. The summed E-state index contributed by atoms with van der Waals surface area (Å²) in [7, 11) is 0. The Kier molecular flexibility index (Phi) is 5.45. The zero-order chi connectivity index (χ0) is 20.5. The van der Waals surface area contributed by atoms with Gasteiger partial charge < -0.3 is 22.1 Å². The van der Waals surface area contributed by atoms with Crippen LogP contribution in [-0.4, -0.2) is 30.0 Å². The van der Waals surface area contributed by atoms with Gasteiger partial charge in [-0.1, -0.05) is 42.0 Å². The van der Waals surface area contributed by atoms with Crippen LogP contribution in [0, 0.1) is 0 Å². The number of nitrogen functional groups attached to an aromatic ring is 1. The molecule has 0 bridgehead atoms. The number of nitrogens with two attached hydrogens (primary N) is 3. The lowest BCUT2D eigenvalue weighted by atomic mass is 10.0. The van der Waals surface area contributed by atoms with Gasteiger partial charge in [-0.05, 0) is 36.1 Å². The number of rotatable bonds is 4. The highest BCUT2D eigenvalue weighted by Crippen LogP contribution is 2.38. The third-order valence-electron chi connectivity index (χ3n) is 5.15. The molecule has 0 radical (unpaired) electrons. The number of fused-ring (bicyclic) bond motifs is 1. The molecule has 0 atom stereocenters. The van der Waals surface area contributed by atoms with Gasteiger partial charge in [-0.25, -0.2) is 4.98 Å². The van der Waals surface area contributed by atoms with Crippen LogP contribution < -0.4 is 22.1 Å². The number of benzene rings is 1. The summed E-state index contributed by atoms with van der Waals surface area (Å²) >= 11 is 7.51. The number of carbonyl (C=O) groups is 1. The molecule has 1 aliphatic heterocycles. The van der Waals surface area contributed by atoms with E-state index < -0.39 is 5.91 Å². The Bertz CT molecular complexity index is 1100. The molecule has 2 aromatic heterocycles. The molecule has 1 aliphatic rings. The van der Waals surface area contributed by atoms with Crippen LogP contribution in [0.2, 0.25) is 5.02 Å². The van der Waals surface area contributed by atoms with Crippen molar-refractivity contribution in [3.63, 3.8) is 0 Å². The van der Waals surface area contributed by atoms with Crippen molar-refractivity contribution in [2.24, 2.45) is 11.5 Å². The summed E-state index contributed by atoms with van der Waals surface area (Å²) in [6.07, 6.45) is 5.74. The summed E-state index contributed by atoms with van der Waals surface area (Å²) in [6.45, 7) is 1.69. The SMILES string of the molecule is NC(=O)c1sc2nc(N3CCC(N)CC3)cc(/C=C/c3ccccc3Cl)c2c1N. The molecule has 8 heteroatoms. The standard InChI is InChI=1S/C21H22ClN5OS/c22-15-4-2-1-3-12(15)5-6-13-11-16(27-9-7-14(23)8-10-27)26-21-17(13)18(24)19(29-21)20(25)28/h1-6,11,14H,7-10,23-24H2,(H2,25,28)/b6-5+. The second-order valence-corrected chi connectivity index (χ2v) is 8.54. The Balaban J connectivity index is 1.83. The average molecular weight is 428 g/mol. The summed E-state index contributed by atoms with van der Waals surface area (Å²) in [4.78, 5) is 19.8. The van der Waals surface area contributed by atoms with Crippen molar-refractivity contribution < 1.29 is 4.79 Å². The normalized spacial score (nSPS) is 15.4. The number of halogens is 1. The minimum atomic E-state index is -0.544. The van der Waals surface area contributed by atoms with Gasteiger partial charge in [0, 0.05) is 29.5 Å². The van der Waals surface area contributed by atoms with Gasteiger partial charge in [-0.3, -0.25) is 4.79 Å². The van der Waals surface area contributed by atoms with Crippen LogP contribution >= 0.6 is 22.9 Å². The van der Waals surface area contributed by atoms with E-state index in [2.05, 4.69) is 4.90 Å². The Labute approximate surface area is 177 Å². The monoisotopic (exact) mass is 427 g/mol.